The Hall–Kier alpha value is -2.60. The second-order valence-electron chi connectivity index (χ2n) is 5.10. The van der Waals surface area contributed by atoms with Gasteiger partial charge in [0, 0.05) is 5.69 Å². The number of aryl methyl sites for hydroxylation is 2. The van der Waals surface area contributed by atoms with E-state index in [1.165, 1.54) is 0 Å². The minimum Gasteiger partial charge on any atom is -0.467 e. The summed E-state index contributed by atoms with van der Waals surface area (Å²) in [7, 11) is 0. The third-order valence-corrected chi connectivity index (χ3v) is 3.58. The summed E-state index contributed by atoms with van der Waals surface area (Å²) in [5, 5.41) is 7.38. The molecule has 118 valence electrons. The lowest BCUT2D eigenvalue weighted by atomic mass is 10.3. The molecular weight excluding hydrogens is 316 g/mol. The zero-order chi connectivity index (χ0) is 16.4. The van der Waals surface area contributed by atoms with Crippen LogP contribution in [0.25, 0.3) is 5.82 Å². The van der Waals surface area contributed by atoms with Gasteiger partial charge in [-0.15, -0.1) is 0 Å². The minimum absolute atomic E-state index is 0.156. The van der Waals surface area contributed by atoms with E-state index >= 15 is 0 Å². The van der Waals surface area contributed by atoms with Crippen LogP contribution in [0, 0.1) is 13.8 Å². The SMILES string of the molecule is Cc1cc(C)n(-c2ccc(Cl)c(C(=O)NCc3ccco3)n2)n1. The Bertz CT molecular complexity index is 840. The van der Waals surface area contributed by atoms with E-state index in [1.54, 1.807) is 35.2 Å². The van der Waals surface area contributed by atoms with Crippen LogP contribution < -0.4 is 5.32 Å². The first-order valence-electron chi connectivity index (χ1n) is 7.05. The van der Waals surface area contributed by atoms with Gasteiger partial charge in [0.1, 0.15) is 11.5 Å². The van der Waals surface area contributed by atoms with Gasteiger partial charge in [0.25, 0.3) is 5.91 Å². The number of rotatable bonds is 4. The number of hydrogen-bond donors (Lipinski definition) is 1. The van der Waals surface area contributed by atoms with E-state index in [-0.39, 0.29) is 23.2 Å². The summed E-state index contributed by atoms with van der Waals surface area (Å²) in [5.41, 5.74) is 1.96. The summed E-state index contributed by atoms with van der Waals surface area (Å²) in [6, 6.07) is 8.85. The first kappa shape index (κ1) is 15.3. The van der Waals surface area contributed by atoms with Crippen molar-refractivity contribution in [2.75, 3.05) is 0 Å². The van der Waals surface area contributed by atoms with E-state index in [0.717, 1.165) is 11.4 Å². The predicted octanol–water partition coefficient (Wildman–Crippen LogP) is 3.06. The van der Waals surface area contributed by atoms with E-state index in [9.17, 15) is 4.79 Å². The lowest BCUT2D eigenvalue weighted by molar-refractivity contribution is 0.0943. The highest BCUT2D eigenvalue weighted by atomic mass is 35.5. The number of pyridine rings is 1. The molecule has 0 spiro atoms. The van der Waals surface area contributed by atoms with Crippen molar-refractivity contribution in [3.63, 3.8) is 0 Å². The molecule has 0 radical (unpaired) electrons. The van der Waals surface area contributed by atoms with Crippen LogP contribution in [0.1, 0.15) is 27.6 Å². The fourth-order valence-electron chi connectivity index (χ4n) is 2.23. The number of aromatic nitrogens is 3. The number of hydrogen-bond acceptors (Lipinski definition) is 4. The summed E-state index contributed by atoms with van der Waals surface area (Å²) in [5.74, 6) is 0.835. The maximum atomic E-state index is 12.3. The Morgan fingerprint density at radius 3 is 2.83 bits per heavy atom. The maximum Gasteiger partial charge on any atom is 0.271 e. The summed E-state index contributed by atoms with van der Waals surface area (Å²) in [4.78, 5) is 16.6. The molecule has 3 rings (SSSR count). The lowest BCUT2D eigenvalue weighted by Gasteiger charge is -2.08. The highest BCUT2D eigenvalue weighted by Gasteiger charge is 2.15. The van der Waals surface area contributed by atoms with Crippen LogP contribution in [0.3, 0.4) is 0 Å². The molecular formula is C16H15ClN4O2. The quantitative estimate of drug-likeness (QED) is 0.798. The van der Waals surface area contributed by atoms with Gasteiger partial charge in [0.15, 0.2) is 5.82 Å². The molecule has 7 heteroatoms. The van der Waals surface area contributed by atoms with Crippen LogP contribution in [0.4, 0.5) is 0 Å². The normalized spacial score (nSPS) is 10.7. The number of nitrogens with one attached hydrogen (secondary N) is 1. The summed E-state index contributed by atoms with van der Waals surface area (Å²) >= 11 is 6.11. The predicted molar refractivity (Wildman–Crippen MR) is 85.7 cm³/mol. The van der Waals surface area contributed by atoms with Gasteiger partial charge in [-0.2, -0.15) is 5.10 Å². The topological polar surface area (TPSA) is 73.0 Å². The van der Waals surface area contributed by atoms with Crippen LogP contribution in [-0.4, -0.2) is 20.7 Å². The molecule has 0 aromatic carbocycles. The second kappa shape index (κ2) is 6.26. The van der Waals surface area contributed by atoms with Gasteiger partial charge >= 0.3 is 0 Å². The van der Waals surface area contributed by atoms with Gasteiger partial charge in [-0.1, -0.05) is 11.6 Å². The van der Waals surface area contributed by atoms with Crippen molar-refractivity contribution in [1.29, 1.82) is 0 Å². The maximum absolute atomic E-state index is 12.3. The zero-order valence-corrected chi connectivity index (χ0v) is 13.5. The van der Waals surface area contributed by atoms with Crippen molar-refractivity contribution >= 4 is 17.5 Å². The van der Waals surface area contributed by atoms with Crippen molar-refractivity contribution in [2.45, 2.75) is 20.4 Å². The second-order valence-corrected chi connectivity index (χ2v) is 5.51. The molecule has 23 heavy (non-hydrogen) atoms. The van der Waals surface area contributed by atoms with Crippen LogP contribution >= 0.6 is 11.6 Å². The van der Waals surface area contributed by atoms with Crippen molar-refractivity contribution < 1.29 is 9.21 Å². The van der Waals surface area contributed by atoms with Gasteiger partial charge < -0.3 is 9.73 Å². The van der Waals surface area contributed by atoms with Crippen molar-refractivity contribution in [3.8, 4) is 5.82 Å². The first-order valence-corrected chi connectivity index (χ1v) is 7.43. The molecule has 1 N–H and O–H groups in total. The molecule has 0 fully saturated rings. The molecule has 0 saturated carbocycles. The average Bonchev–Trinajstić information content (AvgIpc) is 3.15. The van der Waals surface area contributed by atoms with E-state index in [0.29, 0.717) is 11.6 Å². The molecule has 6 nitrogen and oxygen atoms in total. The average molecular weight is 331 g/mol. The Balaban J connectivity index is 1.85. The number of nitrogens with zero attached hydrogens (tertiary/aromatic N) is 3. The highest BCUT2D eigenvalue weighted by molar-refractivity contribution is 6.33. The third-order valence-electron chi connectivity index (χ3n) is 3.28. The molecule has 0 aliphatic carbocycles. The van der Waals surface area contributed by atoms with Gasteiger partial charge in [-0.05, 0) is 44.2 Å². The fraction of sp³-hybridized carbons (Fsp3) is 0.188. The molecule has 3 aromatic heterocycles. The number of carbonyl (C=O) groups is 1. The first-order chi connectivity index (χ1) is 11.0. The molecule has 1 amide bonds. The molecule has 3 aromatic rings. The van der Waals surface area contributed by atoms with Gasteiger partial charge in [-0.3, -0.25) is 4.79 Å². The third kappa shape index (κ3) is 3.27. The van der Waals surface area contributed by atoms with Crippen LogP contribution in [0.5, 0.6) is 0 Å². The van der Waals surface area contributed by atoms with Crippen molar-refractivity contribution in [3.05, 3.63) is 64.5 Å². The van der Waals surface area contributed by atoms with E-state index in [4.69, 9.17) is 16.0 Å². The van der Waals surface area contributed by atoms with Crippen LogP contribution in [0.15, 0.2) is 41.0 Å². The number of carbonyl (C=O) groups excluding carboxylic acids is 1. The van der Waals surface area contributed by atoms with Crippen LogP contribution in [0.2, 0.25) is 5.02 Å². The Morgan fingerprint density at radius 2 is 2.17 bits per heavy atom. The van der Waals surface area contributed by atoms with Crippen molar-refractivity contribution in [1.82, 2.24) is 20.1 Å². The van der Waals surface area contributed by atoms with E-state index in [2.05, 4.69) is 15.4 Å². The standard InChI is InChI=1S/C16H15ClN4O2/c1-10-8-11(2)21(20-10)14-6-5-13(17)15(19-14)16(22)18-9-12-4-3-7-23-12/h3-8H,9H2,1-2H3,(H,18,22). The highest BCUT2D eigenvalue weighted by Crippen LogP contribution is 2.18. The molecule has 0 unspecified atom stereocenters. The van der Waals surface area contributed by atoms with E-state index < -0.39 is 0 Å². The Morgan fingerprint density at radius 1 is 1.35 bits per heavy atom. The number of halogens is 1. The molecule has 3 heterocycles. The fourth-order valence-corrected chi connectivity index (χ4v) is 2.43. The molecule has 0 aliphatic rings. The summed E-state index contributed by atoms with van der Waals surface area (Å²) < 4.78 is 6.85. The molecule has 0 saturated heterocycles. The number of furan rings is 1. The van der Waals surface area contributed by atoms with E-state index in [1.807, 2.05) is 19.9 Å². The minimum atomic E-state index is -0.366. The molecule has 0 bridgehead atoms. The van der Waals surface area contributed by atoms with Crippen LogP contribution in [-0.2, 0) is 6.54 Å². The Labute approximate surface area is 138 Å². The molecule has 0 aliphatic heterocycles. The summed E-state index contributed by atoms with van der Waals surface area (Å²) in [6.45, 7) is 4.09. The van der Waals surface area contributed by atoms with Gasteiger partial charge in [0.2, 0.25) is 0 Å². The van der Waals surface area contributed by atoms with Crippen molar-refractivity contribution in [2.24, 2.45) is 0 Å². The Kier molecular flexibility index (Phi) is 4.16. The van der Waals surface area contributed by atoms with Gasteiger partial charge in [-0.25, -0.2) is 9.67 Å². The zero-order valence-electron chi connectivity index (χ0n) is 12.7. The summed E-state index contributed by atoms with van der Waals surface area (Å²) in [6.07, 6.45) is 1.55. The lowest BCUT2D eigenvalue weighted by Crippen LogP contribution is -2.24. The number of amides is 1. The monoisotopic (exact) mass is 330 g/mol. The van der Waals surface area contributed by atoms with Gasteiger partial charge in [0.05, 0.1) is 23.5 Å². The molecule has 0 atom stereocenters. The smallest absolute Gasteiger partial charge is 0.271 e. The largest absolute Gasteiger partial charge is 0.467 e.